The Morgan fingerprint density at radius 3 is 2.70 bits per heavy atom. The zero-order valence-electron chi connectivity index (χ0n) is 16.0. The number of fused-ring (bicyclic) bond motifs is 1. The molecule has 0 bridgehead atoms. The summed E-state index contributed by atoms with van der Waals surface area (Å²) < 4.78 is 4.15. The molecule has 2 fully saturated rings. The molecule has 1 saturated heterocycles. The van der Waals surface area contributed by atoms with Gasteiger partial charge in [-0.2, -0.15) is 5.10 Å². The molecule has 0 atom stereocenters. The highest BCUT2D eigenvalue weighted by Crippen LogP contribution is 2.38. The number of nitrogens with zero attached hydrogens (tertiary/aromatic N) is 5. The first-order valence-electron chi connectivity index (χ1n) is 10.6. The lowest BCUT2D eigenvalue weighted by molar-refractivity contribution is 0.158. The van der Waals surface area contributed by atoms with Crippen molar-refractivity contribution in [3.8, 4) is 0 Å². The van der Waals surface area contributed by atoms with Crippen molar-refractivity contribution in [3.63, 3.8) is 0 Å². The predicted molar refractivity (Wildman–Crippen MR) is 104 cm³/mol. The monoisotopic (exact) mass is 367 g/mol. The third-order valence-electron chi connectivity index (χ3n) is 6.47. The second kappa shape index (κ2) is 7.23. The molecule has 0 aromatic carbocycles. The summed E-state index contributed by atoms with van der Waals surface area (Å²) >= 11 is 0. The Hall–Kier alpha value is -1.95. The van der Waals surface area contributed by atoms with E-state index in [-0.39, 0.29) is 5.56 Å². The molecule has 6 nitrogen and oxygen atoms in total. The molecule has 5 rings (SSSR count). The summed E-state index contributed by atoms with van der Waals surface area (Å²) in [6, 6.07) is 3.63. The molecular weight excluding hydrogens is 338 g/mol. The summed E-state index contributed by atoms with van der Waals surface area (Å²) in [6.45, 7) is 5.04. The third-order valence-corrected chi connectivity index (χ3v) is 6.47. The van der Waals surface area contributed by atoms with Gasteiger partial charge in [0.1, 0.15) is 5.82 Å². The first-order chi connectivity index (χ1) is 13.3. The Labute approximate surface area is 160 Å². The Morgan fingerprint density at radius 2 is 1.89 bits per heavy atom. The molecule has 2 aromatic heterocycles. The van der Waals surface area contributed by atoms with E-state index in [4.69, 9.17) is 0 Å². The number of aryl methyl sites for hydroxylation is 1. The first kappa shape index (κ1) is 17.2. The van der Waals surface area contributed by atoms with Crippen LogP contribution in [0.2, 0.25) is 0 Å². The second-order valence-corrected chi connectivity index (χ2v) is 8.55. The number of aromatic nitrogens is 4. The predicted octanol–water partition coefficient (Wildman–Crippen LogP) is 2.57. The maximum atomic E-state index is 12.2. The molecule has 6 heteroatoms. The minimum Gasteiger partial charge on any atom is -0.331 e. The van der Waals surface area contributed by atoms with Crippen molar-refractivity contribution < 1.29 is 0 Å². The van der Waals surface area contributed by atoms with Gasteiger partial charge in [0.15, 0.2) is 0 Å². The lowest BCUT2D eigenvalue weighted by atomic mass is 9.97. The van der Waals surface area contributed by atoms with Gasteiger partial charge in [-0.25, -0.2) is 9.67 Å². The van der Waals surface area contributed by atoms with Gasteiger partial charge in [0, 0.05) is 37.0 Å². The van der Waals surface area contributed by atoms with Gasteiger partial charge in [-0.15, -0.1) is 0 Å². The van der Waals surface area contributed by atoms with Gasteiger partial charge in [-0.3, -0.25) is 9.69 Å². The number of piperidine rings is 1. The van der Waals surface area contributed by atoms with Crippen LogP contribution in [0.25, 0.3) is 0 Å². The number of hydrogen-bond acceptors (Lipinski definition) is 4. The van der Waals surface area contributed by atoms with Crippen LogP contribution in [-0.2, 0) is 26.1 Å². The van der Waals surface area contributed by atoms with E-state index in [1.54, 1.807) is 10.7 Å². The lowest BCUT2D eigenvalue weighted by Gasteiger charge is -2.32. The van der Waals surface area contributed by atoms with Crippen LogP contribution in [0.15, 0.2) is 23.1 Å². The molecule has 2 aromatic rings. The van der Waals surface area contributed by atoms with Gasteiger partial charge in [0.2, 0.25) is 0 Å². The molecular formula is C21H29N5O. The second-order valence-electron chi connectivity index (χ2n) is 8.55. The fourth-order valence-corrected chi connectivity index (χ4v) is 4.59. The summed E-state index contributed by atoms with van der Waals surface area (Å²) in [6.07, 6.45) is 10.5. The smallest absolute Gasteiger partial charge is 0.266 e. The van der Waals surface area contributed by atoms with Crippen LogP contribution < -0.4 is 5.56 Å². The minimum atomic E-state index is 0.0471. The summed E-state index contributed by atoms with van der Waals surface area (Å²) in [4.78, 5) is 19.4. The number of hydrogen-bond donors (Lipinski definition) is 0. The van der Waals surface area contributed by atoms with E-state index in [2.05, 4.69) is 25.7 Å². The van der Waals surface area contributed by atoms with Crippen LogP contribution >= 0.6 is 0 Å². The fourth-order valence-electron chi connectivity index (χ4n) is 4.59. The minimum absolute atomic E-state index is 0.0471. The van der Waals surface area contributed by atoms with Crippen molar-refractivity contribution in [2.75, 3.05) is 13.1 Å². The quantitative estimate of drug-likeness (QED) is 0.815. The summed E-state index contributed by atoms with van der Waals surface area (Å²) in [5.74, 6) is 2.38. The van der Waals surface area contributed by atoms with E-state index in [0.29, 0.717) is 11.8 Å². The van der Waals surface area contributed by atoms with Gasteiger partial charge in [0.05, 0.1) is 12.2 Å². The molecule has 0 amide bonds. The Bertz CT molecular complexity index is 858. The number of rotatable bonds is 5. The Kier molecular flexibility index (Phi) is 4.60. The maximum Gasteiger partial charge on any atom is 0.266 e. The molecule has 0 unspecified atom stereocenters. The molecule has 1 saturated carbocycles. The van der Waals surface area contributed by atoms with Gasteiger partial charge in [0.25, 0.3) is 5.56 Å². The standard InChI is InChI=1S/C21H29N5O/c27-21-7-6-19(17-4-5-17)23-26(21)14-16-8-11-24(12-9-16)15-20-22-13-18-3-1-2-10-25(18)20/h6-7,13,16-17H,1-5,8-12,14-15H2. The van der Waals surface area contributed by atoms with Crippen LogP contribution in [0.1, 0.15) is 61.7 Å². The van der Waals surface area contributed by atoms with Gasteiger partial charge >= 0.3 is 0 Å². The summed E-state index contributed by atoms with van der Waals surface area (Å²) in [5.41, 5.74) is 2.56. The van der Waals surface area contributed by atoms with Crippen molar-refractivity contribution in [3.05, 3.63) is 45.9 Å². The normalized spacial score (nSPS) is 21.3. The first-order valence-corrected chi connectivity index (χ1v) is 10.6. The van der Waals surface area contributed by atoms with E-state index < -0.39 is 0 Å². The average Bonchev–Trinajstić information content (AvgIpc) is 3.47. The summed E-state index contributed by atoms with van der Waals surface area (Å²) in [7, 11) is 0. The highest BCUT2D eigenvalue weighted by molar-refractivity contribution is 5.12. The molecule has 1 aliphatic carbocycles. The molecule has 144 valence electrons. The SMILES string of the molecule is O=c1ccc(C2CC2)nn1CC1CCN(Cc2ncc3n2CCCC3)CC1. The third kappa shape index (κ3) is 3.72. The largest absolute Gasteiger partial charge is 0.331 e. The maximum absolute atomic E-state index is 12.2. The molecule has 0 N–H and O–H groups in total. The fraction of sp³-hybridized carbons (Fsp3) is 0.667. The van der Waals surface area contributed by atoms with Gasteiger partial charge in [-0.1, -0.05) is 0 Å². The van der Waals surface area contributed by atoms with E-state index >= 15 is 0 Å². The van der Waals surface area contributed by atoms with Crippen LogP contribution in [0.5, 0.6) is 0 Å². The highest BCUT2D eigenvalue weighted by Gasteiger charge is 2.27. The number of likely N-dealkylation sites (tertiary alicyclic amines) is 1. The zero-order valence-corrected chi connectivity index (χ0v) is 16.0. The van der Waals surface area contributed by atoms with Gasteiger partial charge < -0.3 is 4.57 Å². The number of imidazole rings is 1. The molecule has 2 aliphatic heterocycles. The molecule has 3 aliphatic rings. The van der Waals surface area contributed by atoms with Gasteiger partial charge in [-0.05, 0) is 70.0 Å². The molecule has 0 spiro atoms. The van der Waals surface area contributed by atoms with E-state index in [9.17, 15) is 4.79 Å². The van der Waals surface area contributed by atoms with Crippen LogP contribution in [0.4, 0.5) is 0 Å². The zero-order chi connectivity index (χ0) is 18.2. The van der Waals surface area contributed by atoms with Crippen molar-refractivity contribution in [2.24, 2.45) is 5.92 Å². The van der Waals surface area contributed by atoms with Crippen LogP contribution in [-0.4, -0.2) is 37.3 Å². The Morgan fingerprint density at radius 1 is 1.04 bits per heavy atom. The summed E-state index contributed by atoms with van der Waals surface area (Å²) in [5, 5.41) is 4.63. The van der Waals surface area contributed by atoms with Crippen molar-refractivity contribution in [2.45, 2.75) is 70.5 Å². The Balaban J connectivity index is 1.18. The molecule has 0 radical (unpaired) electrons. The molecule has 4 heterocycles. The highest BCUT2D eigenvalue weighted by atomic mass is 16.1. The van der Waals surface area contributed by atoms with E-state index in [0.717, 1.165) is 51.3 Å². The van der Waals surface area contributed by atoms with Crippen molar-refractivity contribution in [1.29, 1.82) is 0 Å². The topological polar surface area (TPSA) is 56.0 Å². The average molecular weight is 367 g/mol. The lowest BCUT2D eigenvalue weighted by Crippen LogP contribution is -2.37. The van der Waals surface area contributed by atoms with Crippen molar-refractivity contribution >= 4 is 0 Å². The van der Waals surface area contributed by atoms with Crippen molar-refractivity contribution in [1.82, 2.24) is 24.2 Å². The van der Waals surface area contributed by atoms with E-state index in [1.165, 1.54) is 43.6 Å². The van der Waals surface area contributed by atoms with Crippen LogP contribution in [0.3, 0.4) is 0 Å². The van der Waals surface area contributed by atoms with E-state index in [1.807, 2.05) is 6.07 Å². The van der Waals surface area contributed by atoms with Crippen LogP contribution in [0, 0.1) is 5.92 Å². The molecule has 27 heavy (non-hydrogen) atoms.